The largest absolute Gasteiger partial charge is 0.503 e. The summed E-state index contributed by atoms with van der Waals surface area (Å²) in [5, 5.41) is 13.2. The number of phenols is 1. The van der Waals surface area contributed by atoms with Crippen LogP contribution in [0.15, 0.2) is 15.0 Å². The van der Waals surface area contributed by atoms with Gasteiger partial charge in [0.2, 0.25) is 0 Å². The van der Waals surface area contributed by atoms with Gasteiger partial charge in [0.1, 0.15) is 0 Å². The molecule has 1 aliphatic rings. The molecule has 0 unspecified atom stereocenters. The maximum absolute atomic E-state index is 9.85. The van der Waals surface area contributed by atoms with Gasteiger partial charge in [0.25, 0.3) is 0 Å². The van der Waals surface area contributed by atoms with E-state index in [2.05, 4.69) is 37.2 Å². The maximum Gasteiger partial charge on any atom is 0.173 e. The van der Waals surface area contributed by atoms with Gasteiger partial charge in [-0.3, -0.25) is 0 Å². The highest BCUT2D eigenvalue weighted by Crippen LogP contribution is 2.43. The maximum atomic E-state index is 9.85. The van der Waals surface area contributed by atoms with Crippen LogP contribution in [0, 0.1) is 0 Å². The quantitative estimate of drug-likeness (QED) is 0.844. The summed E-state index contributed by atoms with van der Waals surface area (Å²) in [7, 11) is 1.53. The Hall–Kier alpha value is -0.300. The normalized spacial score (nSPS) is 20.3. The van der Waals surface area contributed by atoms with E-state index in [1.807, 2.05) is 6.07 Å². The van der Waals surface area contributed by atoms with E-state index in [1.54, 1.807) is 0 Å². The highest BCUT2D eigenvalue weighted by molar-refractivity contribution is 9.13. The predicted molar refractivity (Wildman–Crippen MR) is 71.6 cm³/mol. The lowest BCUT2D eigenvalue weighted by Crippen LogP contribution is -2.34. The van der Waals surface area contributed by atoms with Crippen LogP contribution in [0.3, 0.4) is 0 Å². The third-order valence-corrected chi connectivity index (χ3v) is 4.85. The van der Waals surface area contributed by atoms with Gasteiger partial charge >= 0.3 is 0 Å². The minimum atomic E-state index is 0.0971. The Morgan fingerprint density at radius 2 is 2.24 bits per heavy atom. The van der Waals surface area contributed by atoms with Crippen molar-refractivity contribution in [3.8, 4) is 11.5 Å². The van der Waals surface area contributed by atoms with E-state index < -0.39 is 0 Å². The molecule has 0 radical (unpaired) electrons. The molecule has 1 atom stereocenters. The Kier molecular flexibility index (Phi) is 4.30. The first-order chi connectivity index (χ1) is 8.15. The van der Waals surface area contributed by atoms with Crippen molar-refractivity contribution in [3.05, 3.63) is 20.6 Å². The SMILES string of the molecule is COc1cc([C@@H]2COCCN2)c(Br)c(Br)c1O. The van der Waals surface area contributed by atoms with Crippen molar-refractivity contribution < 1.29 is 14.6 Å². The van der Waals surface area contributed by atoms with Crippen LogP contribution in [0.25, 0.3) is 0 Å². The van der Waals surface area contributed by atoms with Gasteiger partial charge in [-0.05, 0) is 43.5 Å². The predicted octanol–water partition coefficient (Wildman–Crippen LogP) is 2.59. The van der Waals surface area contributed by atoms with Crippen molar-refractivity contribution in [1.29, 1.82) is 0 Å². The molecular formula is C11H13Br2NO3. The molecule has 0 saturated carbocycles. The van der Waals surface area contributed by atoms with Gasteiger partial charge in [-0.25, -0.2) is 0 Å². The van der Waals surface area contributed by atoms with Gasteiger partial charge in [-0.1, -0.05) is 0 Å². The van der Waals surface area contributed by atoms with E-state index >= 15 is 0 Å². The Morgan fingerprint density at radius 1 is 1.47 bits per heavy atom. The fourth-order valence-corrected chi connectivity index (χ4v) is 2.79. The number of halogens is 2. The molecule has 1 heterocycles. The summed E-state index contributed by atoms with van der Waals surface area (Å²) < 4.78 is 12.0. The van der Waals surface area contributed by atoms with E-state index in [0.29, 0.717) is 16.8 Å². The molecule has 94 valence electrons. The molecule has 1 fully saturated rings. The average Bonchev–Trinajstić information content (AvgIpc) is 2.37. The van der Waals surface area contributed by atoms with Gasteiger partial charge in [0, 0.05) is 11.0 Å². The minimum Gasteiger partial charge on any atom is -0.503 e. The zero-order valence-electron chi connectivity index (χ0n) is 9.30. The molecule has 2 N–H and O–H groups in total. The van der Waals surface area contributed by atoms with E-state index in [1.165, 1.54) is 7.11 Å². The number of nitrogens with one attached hydrogen (secondary N) is 1. The number of methoxy groups -OCH3 is 1. The standard InChI is InChI=1S/C11H13Br2NO3/c1-16-8-4-6(7-5-17-3-2-14-7)9(12)10(13)11(8)15/h4,7,14-15H,2-3,5H2,1H3/t7-/m0/s1. The molecule has 0 aliphatic carbocycles. The van der Waals surface area contributed by atoms with Crippen LogP contribution in [0.2, 0.25) is 0 Å². The summed E-state index contributed by atoms with van der Waals surface area (Å²) in [6, 6.07) is 1.92. The first-order valence-electron chi connectivity index (χ1n) is 5.21. The second kappa shape index (κ2) is 5.56. The molecule has 6 heteroatoms. The molecule has 0 aromatic heterocycles. The number of phenolic OH excluding ortho intramolecular Hbond substituents is 1. The van der Waals surface area contributed by atoms with Crippen LogP contribution < -0.4 is 10.1 Å². The molecule has 1 aromatic carbocycles. The summed E-state index contributed by atoms with van der Waals surface area (Å²) in [5.74, 6) is 0.544. The molecule has 0 amide bonds. The van der Waals surface area contributed by atoms with E-state index in [-0.39, 0.29) is 11.8 Å². The van der Waals surface area contributed by atoms with Gasteiger partial charge in [0.05, 0.1) is 30.8 Å². The zero-order chi connectivity index (χ0) is 12.4. The first kappa shape index (κ1) is 13.1. The lowest BCUT2D eigenvalue weighted by Gasteiger charge is -2.26. The van der Waals surface area contributed by atoms with Crippen molar-refractivity contribution >= 4 is 31.9 Å². The molecule has 1 aromatic rings. The fourth-order valence-electron chi connectivity index (χ4n) is 1.79. The summed E-state index contributed by atoms with van der Waals surface area (Å²) in [4.78, 5) is 0. The van der Waals surface area contributed by atoms with Crippen LogP contribution in [0.5, 0.6) is 11.5 Å². The smallest absolute Gasteiger partial charge is 0.173 e. The third-order valence-electron chi connectivity index (χ3n) is 2.69. The number of ether oxygens (including phenoxy) is 2. The first-order valence-corrected chi connectivity index (χ1v) is 6.79. The Morgan fingerprint density at radius 3 is 2.82 bits per heavy atom. The van der Waals surface area contributed by atoms with Crippen LogP contribution in [-0.4, -0.2) is 32.0 Å². The van der Waals surface area contributed by atoms with Gasteiger partial charge in [-0.15, -0.1) is 0 Å². The number of aromatic hydroxyl groups is 1. The number of hydrogen-bond acceptors (Lipinski definition) is 4. The van der Waals surface area contributed by atoms with E-state index in [0.717, 1.165) is 23.2 Å². The number of benzene rings is 1. The second-order valence-electron chi connectivity index (χ2n) is 3.73. The molecule has 0 spiro atoms. The van der Waals surface area contributed by atoms with Crippen molar-refractivity contribution in [3.63, 3.8) is 0 Å². The molecule has 1 aliphatic heterocycles. The fraction of sp³-hybridized carbons (Fsp3) is 0.455. The number of rotatable bonds is 2. The summed E-state index contributed by atoms with van der Waals surface area (Å²) in [6.45, 7) is 2.15. The molecule has 1 saturated heterocycles. The van der Waals surface area contributed by atoms with Crippen LogP contribution in [0.4, 0.5) is 0 Å². The van der Waals surface area contributed by atoms with Crippen molar-refractivity contribution in [1.82, 2.24) is 5.32 Å². The molecular weight excluding hydrogens is 354 g/mol. The van der Waals surface area contributed by atoms with Crippen molar-refractivity contribution in [2.24, 2.45) is 0 Å². The summed E-state index contributed by atoms with van der Waals surface area (Å²) in [6.07, 6.45) is 0. The van der Waals surface area contributed by atoms with E-state index in [4.69, 9.17) is 9.47 Å². The highest BCUT2D eigenvalue weighted by atomic mass is 79.9. The van der Waals surface area contributed by atoms with Gasteiger partial charge < -0.3 is 19.9 Å². The van der Waals surface area contributed by atoms with Crippen LogP contribution in [0.1, 0.15) is 11.6 Å². The summed E-state index contributed by atoms with van der Waals surface area (Å²) >= 11 is 6.81. The monoisotopic (exact) mass is 365 g/mol. The number of morpholine rings is 1. The summed E-state index contributed by atoms with van der Waals surface area (Å²) in [5.41, 5.74) is 1.01. The molecule has 0 bridgehead atoms. The van der Waals surface area contributed by atoms with Gasteiger partial charge in [0.15, 0.2) is 11.5 Å². The Labute approximate surface area is 117 Å². The minimum absolute atomic E-state index is 0.0971. The van der Waals surface area contributed by atoms with Crippen LogP contribution in [-0.2, 0) is 4.74 Å². The Bertz CT molecular complexity index is 420. The van der Waals surface area contributed by atoms with Crippen molar-refractivity contribution in [2.75, 3.05) is 26.9 Å². The van der Waals surface area contributed by atoms with Gasteiger partial charge in [-0.2, -0.15) is 0 Å². The molecule has 2 rings (SSSR count). The topological polar surface area (TPSA) is 50.7 Å². The Balaban J connectivity index is 2.42. The van der Waals surface area contributed by atoms with Crippen molar-refractivity contribution in [2.45, 2.75) is 6.04 Å². The molecule has 17 heavy (non-hydrogen) atoms. The highest BCUT2D eigenvalue weighted by Gasteiger charge is 2.22. The van der Waals surface area contributed by atoms with E-state index in [9.17, 15) is 5.11 Å². The lowest BCUT2D eigenvalue weighted by molar-refractivity contribution is 0.0765. The average molecular weight is 367 g/mol. The second-order valence-corrected chi connectivity index (χ2v) is 5.31. The third kappa shape index (κ3) is 2.59. The van der Waals surface area contributed by atoms with Crippen LogP contribution >= 0.6 is 31.9 Å². The number of hydrogen-bond donors (Lipinski definition) is 2. The molecule has 4 nitrogen and oxygen atoms in total. The lowest BCUT2D eigenvalue weighted by atomic mass is 10.1. The zero-order valence-corrected chi connectivity index (χ0v) is 12.5.